The molecule has 0 bridgehead atoms. The normalized spacial score (nSPS) is 30.1. The van der Waals surface area contributed by atoms with Crippen LogP contribution >= 0.6 is 11.6 Å². The molecule has 5 nitrogen and oxygen atoms in total. The van der Waals surface area contributed by atoms with E-state index in [1.54, 1.807) is 7.11 Å². The molecule has 6 heteroatoms. The van der Waals surface area contributed by atoms with E-state index in [4.69, 9.17) is 16.3 Å². The van der Waals surface area contributed by atoms with Crippen LogP contribution in [0, 0.1) is 5.41 Å². The predicted molar refractivity (Wildman–Crippen MR) is 75.8 cm³/mol. The van der Waals surface area contributed by atoms with Gasteiger partial charge in [0.15, 0.2) is 0 Å². The molecular formula is C14H20ClN3O2. The van der Waals surface area contributed by atoms with Gasteiger partial charge in [0.25, 0.3) is 5.91 Å². The molecule has 20 heavy (non-hydrogen) atoms. The highest BCUT2D eigenvalue weighted by Gasteiger charge is 2.46. The maximum Gasteiger partial charge on any atom is 0.273 e. The molecule has 0 unspecified atom stereocenters. The number of amides is 1. The van der Waals surface area contributed by atoms with Crippen LogP contribution < -0.4 is 0 Å². The van der Waals surface area contributed by atoms with Gasteiger partial charge in [-0.2, -0.15) is 5.10 Å². The third kappa shape index (κ3) is 2.23. The zero-order valence-corrected chi connectivity index (χ0v) is 12.4. The van der Waals surface area contributed by atoms with Crippen molar-refractivity contribution in [2.45, 2.75) is 38.2 Å². The summed E-state index contributed by atoms with van der Waals surface area (Å²) in [7, 11) is 1.78. The van der Waals surface area contributed by atoms with Crippen LogP contribution in [0.4, 0.5) is 0 Å². The average molecular weight is 298 g/mol. The summed E-state index contributed by atoms with van der Waals surface area (Å²) in [5.41, 5.74) is 0.533. The van der Waals surface area contributed by atoms with Crippen LogP contribution in [0.5, 0.6) is 0 Å². The van der Waals surface area contributed by atoms with Gasteiger partial charge in [0, 0.05) is 25.6 Å². The zero-order chi connectivity index (χ0) is 14.2. The monoisotopic (exact) mass is 297 g/mol. The first-order chi connectivity index (χ1) is 9.66. The van der Waals surface area contributed by atoms with Gasteiger partial charge in [0.2, 0.25) is 0 Å². The average Bonchev–Trinajstić information content (AvgIpc) is 3.04. The number of hydrogen-bond donors (Lipinski definition) is 1. The van der Waals surface area contributed by atoms with Gasteiger partial charge < -0.3 is 9.64 Å². The van der Waals surface area contributed by atoms with Crippen LogP contribution in [0.1, 0.15) is 42.6 Å². The maximum absolute atomic E-state index is 12.5. The van der Waals surface area contributed by atoms with Crippen molar-refractivity contribution in [2.75, 3.05) is 20.2 Å². The molecule has 0 aromatic carbocycles. The number of methoxy groups -OCH3 is 1. The molecular weight excluding hydrogens is 278 g/mol. The smallest absolute Gasteiger partial charge is 0.273 e. The lowest BCUT2D eigenvalue weighted by Gasteiger charge is -2.43. The highest BCUT2D eigenvalue weighted by Crippen LogP contribution is 2.46. The minimum absolute atomic E-state index is 0.0478. The Bertz CT molecular complexity index is 504. The first kappa shape index (κ1) is 13.9. The quantitative estimate of drug-likeness (QED) is 0.912. The van der Waals surface area contributed by atoms with E-state index in [1.165, 1.54) is 12.6 Å². The molecule has 1 aliphatic heterocycles. The van der Waals surface area contributed by atoms with E-state index >= 15 is 0 Å². The number of hydrogen-bond acceptors (Lipinski definition) is 3. The lowest BCUT2D eigenvalue weighted by molar-refractivity contribution is -0.0296. The number of carbonyl (C=O) groups is 1. The molecule has 110 valence electrons. The first-order valence-electron chi connectivity index (χ1n) is 7.17. The van der Waals surface area contributed by atoms with E-state index < -0.39 is 0 Å². The van der Waals surface area contributed by atoms with Crippen LogP contribution in [0.25, 0.3) is 0 Å². The number of H-pyrrole nitrogens is 1. The molecule has 1 N–H and O–H groups in total. The first-order valence-corrected chi connectivity index (χ1v) is 7.55. The summed E-state index contributed by atoms with van der Waals surface area (Å²) in [6.45, 7) is 1.55. The SMILES string of the molecule is CO[C@@H]1CCC[C@]12CCCN(C(=O)c1[nH]ncc1Cl)C2. The number of likely N-dealkylation sites (tertiary alicyclic amines) is 1. The molecule has 2 atom stereocenters. The van der Waals surface area contributed by atoms with Crippen molar-refractivity contribution in [1.29, 1.82) is 0 Å². The molecule has 0 radical (unpaired) electrons. The summed E-state index contributed by atoms with van der Waals surface area (Å²) < 4.78 is 5.66. The van der Waals surface area contributed by atoms with Crippen molar-refractivity contribution in [3.63, 3.8) is 0 Å². The molecule has 1 aromatic rings. The van der Waals surface area contributed by atoms with Gasteiger partial charge in [-0.25, -0.2) is 0 Å². The fourth-order valence-electron chi connectivity index (χ4n) is 3.85. The number of halogens is 1. The van der Waals surface area contributed by atoms with Crippen molar-refractivity contribution in [2.24, 2.45) is 5.41 Å². The third-order valence-corrected chi connectivity index (χ3v) is 5.10. The van der Waals surface area contributed by atoms with Crippen LogP contribution in [0.3, 0.4) is 0 Å². The number of aromatic amines is 1. The van der Waals surface area contributed by atoms with Crippen molar-refractivity contribution in [1.82, 2.24) is 15.1 Å². The lowest BCUT2D eigenvalue weighted by Crippen LogP contribution is -2.49. The predicted octanol–water partition coefficient (Wildman–Crippen LogP) is 2.48. The molecule has 1 amide bonds. The number of piperidine rings is 1. The molecule has 3 rings (SSSR count). The molecule has 1 saturated carbocycles. The fraction of sp³-hybridized carbons (Fsp3) is 0.714. The van der Waals surface area contributed by atoms with Crippen molar-refractivity contribution in [3.05, 3.63) is 16.9 Å². The van der Waals surface area contributed by atoms with E-state index in [-0.39, 0.29) is 17.4 Å². The molecule has 2 heterocycles. The molecule has 2 aliphatic rings. The second-order valence-corrected chi connectivity index (χ2v) is 6.31. The molecule has 1 aromatic heterocycles. The van der Waals surface area contributed by atoms with Gasteiger partial charge in [-0.1, -0.05) is 18.0 Å². The van der Waals surface area contributed by atoms with Gasteiger partial charge in [0.1, 0.15) is 5.69 Å². The van der Waals surface area contributed by atoms with E-state index in [9.17, 15) is 4.79 Å². The third-order valence-electron chi connectivity index (χ3n) is 4.81. The summed E-state index contributed by atoms with van der Waals surface area (Å²) in [4.78, 5) is 14.4. The minimum Gasteiger partial charge on any atom is -0.381 e. The highest BCUT2D eigenvalue weighted by atomic mass is 35.5. The summed E-state index contributed by atoms with van der Waals surface area (Å²) in [5.74, 6) is -0.0478. The lowest BCUT2D eigenvalue weighted by atomic mass is 9.76. The Morgan fingerprint density at radius 2 is 2.35 bits per heavy atom. The van der Waals surface area contributed by atoms with E-state index in [0.717, 1.165) is 38.8 Å². The van der Waals surface area contributed by atoms with Crippen LogP contribution in [0.15, 0.2) is 6.20 Å². The maximum atomic E-state index is 12.5. The largest absolute Gasteiger partial charge is 0.381 e. The second kappa shape index (κ2) is 5.37. The number of nitrogens with zero attached hydrogens (tertiary/aromatic N) is 2. The Hall–Kier alpha value is -1.07. The molecule has 1 spiro atoms. The summed E-state index contributed by atoms with van der Waals surface area (Å²) >= 11 is 6.00. The number of ether oxygens (including phenoxy) is 1. The Morgan fingerprint density at radius 3 is 3.05 bits per heavy atom. The van der Waals surface area contributed by atoms with Gasteiger partial charge in [-0.15, -0.1) is 0 Å². The number of carbonyl (C=O) groups excluding carboxylic acids is 1. The Morgan fingerprint density at radius 1 is 1.55 bits per heavy atom. The molecule has 2 fully saturated rings. The van der Waals surface area contributed by atoms with Gasteiger partial charge in [-0.05, 0) is 25.7 Å². The Kier molecular flexibility index (Phi) is 3.73. The van der Waals surface area contributed by atoms with Crippen LogP contribution in [0.2, 0.25) is 5.02 Å². The summed E-state index contributed by atoms with van der Waals surface area (Å²) in [6, 6.07) is 0. The Labute approximate surface area is 123 Å². The zero-order valence-electron chi connectivity index (χ0n) is 11.7. The van der Waals surface area contributed by atoms with E-state index in [2.05, 4.69) is 10.2 Å². The van der Waals surface area contributed by atoms with E-state index in [1.807, 2.05) is 4.90 Å². The van der Waals surface area contributed by atoms with Crippen molar-refractivity contribution >= 4 is 17.5 Å². The highest BCUT2D eigenvalue weighted by molar-refractivity contribution is 6.33. The Balaban J connectivity index is 1.79. The van der Waals surface area contributed by atoms with Gasteiger partial charge in [-0.3, -0.25) is 9.89 Å². The number of rotatable bonds is 2. The molecule has 1 saturated heterocycles. The number of aromatic nitrogens is 2. The fourth-order valence-corrected chi connectivity index (χ4v) is 4.03. The summed E-state index contributed by atoms with van der Waals surface area (Å²) in [5, 5.41) is 6.92. The van der Waals surface area contributed by atoms with Crippen LogP contribution in [-0.2, 0) is 4.74 Å². The molecule has 1 aliphatic carbocycles. The topological polar surface area (TPSA) is 58.2 Å². The summed E-state index contributed by atoms with van der Waals surface area (Å²) in [6.07, 6.45) is 7.35. The minimum atomic E-state index is -0.0478. The van der Waals surface area contributed by atoms with Crippen molar-refractivity contribution < 1.29 is 9.53 Å². The number of nitrogens with one attached hydrogen (secondary N) is 1. The van der Waals surface area contributed by atoms with E-state index in [0.29, 0.717) is 10.7 Å². The van der Waals surface area contributed by atoms with Gasteiger partial charge >= 0.3 is 0 Å². The standard InChI is InChI=1S/C14H20ClN3O2/c1-20-11-4-2-5-14(11)6-3-7-18(9-14)13(19)12-10(15)8-16-17-12/h8,11H,2-7,9H2,1H3,(H,16,17)/t11-,14-/m1/s1. The van der Waals surface area contributed by atoms with Gasteiger partial charge in [0.05, 0.1) is 17.3 Å². The van der Waals surface area contributed by atoms with Crippen LogP contribution in [-0.4, -0.2) is 47.3 Å². The van der Waals surface area contributed by atoms with Crippen molar-refractivity contribution in [3.8, 4) is 0 Å². The second-order valence-electron chi connectivity index (χ2n) is 5.90.